The van der Waals surface area contributed by atoms with Crippen LogP contribution in [0.4, 0.5) is 17.6 Å². The highest BCUT2D eigenvalue weighted by atomic mass is 32.2. The molecule has 2 aromatic carbocycles. The number of rotatable bonds is 9. The molecule has 0 aliphatic heterocycles. The third kappa shape index (κ3) is 5.31. The summed E-state index contributed by atoms with van der Waals surface area (Å²) >= 11 is 0. The molecule has 0 saturated carbocycles. The summed E-state index contributed by atoms with van der Waals surface area (Å²) in [6.45, 7) is 1.73. The van der Waals surface area contributed by atoms with Crippen LogP contribution in [0.15, 0.2) is 54.6 Å². The number of fused-ring (bicyclic) bond motifs is 1. The van der Waals surface area contributed by atoms with E-state index in [1.54, 1.807) is 24.3 Å². The molecule has 0 heterocycles. The third-order valence-corrected chi connectivity index (χ3v) is 4.75. The summed E-state index contributed by atoms with van der Waals surface area (Å²) in [7, 11) is -6.31. The molecule has 6 nitrogen and oxygen atoms in total. The number of esters is 1. The summed E-state index contributed by atoms with van der Waals surface area (Å²) in [6.07, 6.45) is -1.72. The Kier molecular flexibility index (Phi) is 6.66. The van der Waals surface area contributed by atoms with Crippen molar-refractivity contribution in [1.29, 1.82) is 0 Å². The Balaban J connectivity index is 1.86. The van der Waals surface area contributed by atoms with Crippen LogP contribution in [0.1, 0.15) is 6.42 Å². The summed E-state index contributed by atoms with van der Waals surface area (Å²) in [5.41, 5.74) is -0.275. The van der Waals surface area contributed by atoms with E-state index in [9.17, 15) is 30.8 Å². The Bertz CT molecular complexity index is 1020. The van der Waals surface area contributed by atoms with Crippen LogP contribution in [-0.2, 0) is 19.6 Å². The van der Waals surface area contributed by atoms with Gasteiger partial charge in [-0.1, -0.05) is 36.9 Å². The summed E-state index contributed by atoms with van der Waals surface area (Å²) in [5.74, 6) is -5.79. The lowest BCUT2D eigenvalue weighted by molar-refractivity contribution is -0.170. The van der Waals surface area contributed by atoms with Gasteiger partial charge in [-0.15, -0.1) is 0 Å². The van der Waals surface area contributed by atoms with E-state index in [-0.39, 0.29) is 11.3 Å². The van der Waals surface area contributed by atoms with Crippen molar-refractivity contribution in [3.63, 3.8) is 0 Å². The van der Waals surface area contributed by atoms with Gasteiger partial charge in [-0.2, -0.15) is 26.0 Å². The van der Waals surface area contributed by atoms with Crippen molar-refractivity contribution in [2.75, 3.05) is 13.2 Å². The maximum Gasteiger partial charge on any atom is 0.431 e. The van der Waals surface area contributed by atoms with Crippen molar-refractivity contribution in [2.45, 2.75) is 17.6 Å². The fourth-order valence-electron chi connectivity index (χ4n) is 2.20. The van der Waals surface area contributed by atoms with E-state index >= 15 is 0 Å². The first-order chi connectivity index (χ1) is 13.3. The van der Waals surface area contributed by atoms with Crippen molar-refractivity contribution in [3.8, 4) is 5.75 Å². The zero-order chi connectivity index (χ0) is 21.9. The first kappa shape index (κ1) is 22.8. The average molecular weight is 436 g/mol. The highest BCUT2D eigenvalue weighted by Gasteiger charge is 2.65. The molecule has 11 heteroatoms. The minimum atomic E-state index is -6.31. The van der Waals surface area contributed by atoms with Gasteiger partial charge in [-0.25, -0.2) is 4.79 Å². The molecular weight excluding hydrogens is 420 g/mol. The third-order valence-electron chi connectivity index (χ3n) is 3.81. The maximum atomic E-state index is 13.3. The number of ether oxygens (including phenoxy) is 2. The number of carbonyl (C=O) groups excluding carboxylic acids is 1. The molecule has 0 aromatic heterocycles. The zero-order valence-electron chi connectivity index (χ0n) is 14.8. The van der Waals surface area contributed by atoms with Gasteiger partial charge in [0.1, 0.15) is 5.75 Å². The lowest BCUT2D eigenvalue weighted by Gasteiger charge is -2.23. The van der Waals surface area contributed by atoms with Crippen LogP contribution in [0, 0.1) is 0 Å². The number of benzene rings is 2. The summed E-state index contributed by atoms with van der Waals surface area (Å²) < 4.78 is 91.5. The normalized spacial score (nSPS) is 12.7. The molecule has 0 amide bonds. The molecule has 0 atom stereocenters. The van der Waals surface area contributed by atoms with E-state index in [4.69, 9.17) is 9.29 Å². The van der Waals surface area contributed by atoms with Crippen LogP contribution >= 0.6 is 0 Å². The first-order valence-corrected chi connectivity index (χ1v) is 9.48. The monoisotopic (exact) mass is 436 g/mol. The molecule has 0 bridgehead atoms. The molecule has 2 rings (SSSR count). The molecule has 0 unspecified atom stereocenters. The Labute approximate surface area is 163 Å². The smallest absolute Gasteiger partial charge is 0.423 e. The van der Waals surface area contributed by atoms with E-state index in [2.05, 4.69) is 11.3 Å². The number of alkyl halides is 4. The molecule has 0 fully saturated rings. The van der Waals surface area contributed by atoms with Crippen molar-refractivity contribution < 1.29 is 44.8 Å². The number of hydrogen-bond donors (Lipinski definition) is 1. The maximum absolute atomic E-state index is 13.3. The van der Waals surface area contributed by atoms with E-state index in [0.29, 0.717) is 0 Å². The van der Waals surface area contributed by atoms with Crippen molar-refractivity contribution in [3.05, 3.63) is 54.6 Å². The minimum absolute atomic E-state index is 0.203. The molecular formula is C18H16F4O6S. The largest absolute Gasteiger partial charge is 0.431 e. The SMILES string of the molecule is C=C(COCCC(F)(F)C(F)(F)S(=O)(=O)O)C(=O)Oc1ccc2ccccc2c1. The van der Waals surface area contributed by atoms with Gasteiger partial charge >= 0.3 is 27.3 Å². The topological polar surface area (TPSA) is 89.9 Å². The quantitative estimate of drug-likeness (QED) is 0.161. The van der Waals surface area contributed by atoms with Crippen LogP contribution in [-0.4, -0.2) is 43.3 Å². The molecule has 158 valence electrons. The zero-order valence-corrected chi connectivity index (χ0v) is 15.6. The summed E-state index contributed by atoms with van der Waals surface area (Å²) in [4.78, 5) is 11.9. The van der Waals surface area contributed by atoms with Gasteiger partial charge in [0.2, 0.25) is 0 Å². The Hall–Kier alpha value is -2.50. The van der Waals surface area contributed by atoms with Crippen molar-refractivity contribution >= 4 is 26.9 Å². The van der Waals surface area contributed by atoms with E-state index < -0.39 is 46.9 Å². The highest BCUT2D eigenvalue weighted by Crippen LogP contribution is 2.40. The Morgan fingerprint density at radius 3 is 2.31 bits per heavy atom. The second-order valence-electron chi connectivity index (χ2n) is 6.00. The second-order valence-corrected chi connectivity index (χ2v) is 7.46. The van der Waals surface area contributed by atoms with E-state index in [0.717, 1.165) is 10.8 Å². The summed E-state index contributed by atoms with van der Waals surface area (Å²) in [5, 5.41) is -3.95. The van der Waals surface area contributed by atoms with Crippen LogP contribution in [0.2, 0.25) is 0 Å². The van der Waals surface area contributed by atoms with Crippen LogP contribution in [0.25, 0.3) is 10.8 Å². The van der Waals surface area contributed by atoms with Gasteiger partial charge in [0.25, 0.3) is 0 Å². The molecule has 1 N–H and O–H groups in total. The van der Waals surface area contributed by atoms with Gasteiger partial charge in [0.05, 0.1) is 18.8 Å². The fraction of sp³-hybridized carbons (Fsp3) is 0.278. The van der Waals surface area contributed by atoms with Crippen LogP contribution in [0.3, 0.4) is 0 Å². The molecule has 2 aromatic rings. The number of carbonyl (C=O) groups is 1. The molecule has 0 radical (unpaired) electrons. The lowest BCUT2D eigenvalue weighted by atomic mass is 10.1. The molecule has 0 saturated heterocycles. The fourth-order valence-corrected chi connectivity index (χ4v) is 2.68. The predicted octanol–water partition coefficient (Wildman–Crippen LogP) is 3.82. The Morgan fingerprint density at radius 1 is 1.07 bits per heavy atom. The van der Waals surface area contributed by atoms with Crippen LogP contribution in [0.5, 0.6) is 5.75 Å². The van der Waals surface area contributed by atoms with Gasteiger partial charge in [-0.05, 0) is 22.9 Å². The predicted molar refractivity (Wildman–Crippen MR) is 95.6 cm³/mol. The lowest BCUT2D eigenvalue weighted by Crippen LogP contribution is -2.47. The van der Waals surface area contributed by atoms with Crippen LogP contribution < -0.4 is 4.74 Å². The minimum Gasteiger partial charge on any atom is -0.423 e. The highest BCUT2D eigenvalue weighted by molar-refractivity contribution is 7.87. The van der Waals surface area contributed by atoms with E-state index in [1.165, 1.54) is 6.07 Å². The molecule has 0 spiro atoms. The van der Waals surface area contributed by atoms with Gasteiger partial charge < -0.3 is 9.47 Å². The van der Waals surface area contributed by atoms with Gasteiger partial charge in [0, 0.05) is 6.42 Å². The molecule has 0 aliphatic carbocycles. The number of hydrogen-bond acceptors (Lipinski definition) is 5. The average Bonchev–Trinajstić information content (AvgIpc) is 2.63. The van der Waals surface area contributed by atoms with Gasteiger partial charge in [0.15, 0.2) is 0 Å². The van der Waals surface area contributed by atoms with E-state index in [1.807, 2.05) is 12.1 Å². The first-order valence-electron chi connectivity index (χ1n) is 8.04. The Morgan fingerprint density at radius 2 is 1.69 bits per heavy atom. The standard InChI is InChI=1S/C18H16F4O6S/c1-12(11-27-9-8-17(19,20)18(21,22)29(24,25)26)16(23)28-15-7-6-13-4-2-3-5-14(13)10-15/h2-7,10H,1,8-9,11H2,(H,24,25,26). The van der Waals surface area contributed by atoms with Crippen molar-refractivity contribution in [2.24, 2.45) is 0 Å². The van der Waals surface area contributed by atoms with Crippen molar-refractivity contribution in [1.82, 2.24) is 0 Å². The second kappa shape index (κ2) is 8.47. The summed E-state index contributed by atoms with van der Waals surface area (Å²) in [6, 6.07) is 12.1. The molecule has 0 aliphatic rings. The molecule has 29 heavy (non-hydrogen) atoms. The number of halogens is 4. The van der Waals surface area contributed by atoms with Gasteiger partial charge in [-0.3, -0.25) is 4.55 Å².